The van der Waals surface area contributed by atoms with Crippen molar-refractivity contribution in [1.82, 2.24) is 10.2 Å². The van der Waals surface area contributed by atoms with Gasteiger partial charge in [0.1, 0.15) is 0 Å². The summed E-state index contributed by atoms with van der Waals surface area (Å²) in [5, 5.41) is 3.44. The molecule has 0 aromatic carbocycles. The smallest absolute Gasteiger partial charge is 0.193 e. The molecule has 1 N–H and O–H groups in total. The Balaban J connectivity index is 1.86. The van der Waals surface area contributed by atoms with Gasteiger partial charge in [-0.2, -0.15) is 11.8 Å². The van der Waals surface area contributed by atoms with Gasteiger partial charge in [-0.25, -0.2) is 0 Å². The van der Waals surface area contributed by atoms with Crippen LogP contribution in [0, 0.1) is 0 Å². The van der Waals surface area contributed by atoms with E-state index < -0.39 is 0 Å². The fraction of sp³-hybridized carbons (Fsp3) is 0.933. The van der Waals surface area contributed by atoms with E-state index in [9.17, 15) is 0 Å². The van der Waals surface area contributed by atoms with Gasteiger partial charge in [0.2, 0.25) is 0 Å². The highest BCUT2D eigenvalue weighted by Crippen LogP contribution is 2.42. The second-order valence-corrected chi connectivity index (χ2v) is 7.25. The van der Waals surface area contributed by atoms with E-state index in [-0.39, 0.29) is 0 Å². The van der Waals surface area contributed by atoms with Gasteiger partial charge in [-0.15, -0.1) is 0 Å². The molecule has 0 bridgehead atoms. The Morgan fingerprint density at radius 1 is 1.35 bits per heavy atom. The van der Waals surface area contributed by atoms with E-state index in [1.807, 2.05) is 14.0 Å². The van der Waals surface area contributed by atoms with Crippen LogP contribution in [0.1, 0.15) is 39.0 Å². The minimum atomic E-state index is 0.494. The largest absolute Gasteiger partial charge is 0.380 e. The van der Waals surface area contributed by atoms with E-state index in [1.165, 1.54) is 37.9 Å². The van der Waals surface area contributed by atoms with E-state index in [4.69, 9.17) is 4.74 Å². The van der Waals surface area contributed by atoms with Gasteiger partial charge in [-0.05, 0) is 19.8 Å². The van der Waals surface area contributed by atoms with Gasteiger partial charge >= 0.3 is 0 Å². The standard InChI is InChI=1S/C15H29N3OS/c1-3-19-11-9-17-14(16-2)18-10-12-20-15(13-18)7-5-4-6-8-15/h3-13H2,1-2H3,(H,16,17). The first-order valence-corrected chi connectivity index (χ1v) is 8.95. The van der Waals surface area contributed by atoms with Crippen molar-refractivity contribution in [2.75, 3.05) is 45.6 Å². The minimum absolute atomic E-state index is 0.494. The highest BCUT2D eigenvalue weighted by molar-refractivity contribution is 8.00. The Morgan fingerprint density at radius 3 is 2.85 bits per heavy atom. The van der Waals surface area contributed by atoms with E-state index in [0.717, 1.165) is 38.8 Å². The topological polar surface area (TPSA) is 36.9 Å². The molecular weight excluding hydrogens is 270 g/mol. The minimum Gasteiger partial charge on any atom is -0.380 e. The van der Waals surface area contributed by atoms with Crippen molar-refractivity contribution in [2.24, 2.45) is 4.99 Å². The molecule has 20 heavy (non-hydrogen) atoms. The van der Waals surface area contributed by atoms with Crippen LogP contribution in [0.25, 0.3) is 0 Å². The third-order valence-corrected chi connectivity index (χ3v) is 5.79. The van der Waals surface area contributed by atoms with Crippen LogP contribution in [0.4, 0.5) is 0 Å². The number of nitrogens with zero attached hydrogens (tertiary/aromatic N) is 2. The first-order valence-electron chi connectivity index (χ1n) is 7.97. The molecule has 0 aromatic heterocycles. The van der Waals surface area contributed by atoms with Crippen LogP contribution in [-0.4, -0.2) is 61.3 Å². The molecule has 1 spiro atoms. The first-order chi connectivity index (χ1) is 9.79. The van der Waals surface area contributed by atoms with Crippen LogP contribution in [0.15, 0.2) is 4.99 Å². The van der Waals surface area contributed by atoms with Crippen LogP contribution < -0.4 is 5.32 Å². The van der Waals surface area contributed by atoms with Gasteiger partial charge in [-0.1, -0.05) is 19.3 Å². The van der Waals surface area contributed by atoms with Crippen molar-refractivity contribution in [1.29, 1.82) is 0 Å². The molecule has 1 heterocycles. The van der Waals surface area contributed by atoms with Crippen molar-refractivity contribution in [2.45, 2.75) is 43.8 Å². The molecule has 0 atom stereocenters. The Morgan fingerprint density at radius 2 is 2.15 bits per heavy atom. The molecule has 1 aliphatic heterocycles. The molecule has 5 heteroatoms. The summed E-state index contributed by atoms with van der Waals surface area (Å²) in [4.78, 5) is 6.91. The number of aliphatic imine (C=N–C) groups is 1. The summed E-state index contributed by atoms with van der Waals surface area (Å²) < 4.78 is 5.88. The summed E-state index contributed by atoms with van der Waals surface area (Å²) in [6, 6.07) is 0. The highest BCUT2D eigenvalue weighted by atomic mass is 32.2. The summed E-state index contributed by atoms with van der Waals surface area (Å²) in [6.07, 6.45) is 6.98. The molecule has 116 valence electrons. The molecule has 2 aliphatic rings. The van der Waals surface area contributed by atoms with E-state index in [2.05, 4.69) is 27.0 Å². The number of nitrogens with one attached hydrogen (secondary N) is 1. The van der Waals surface area contributed by atoms with Crippen LogP contribution in [0.5, 0.6) is 0 Å². The van der Waals surface area contributed by atoms with Gasteiger partial charge in [0.15, 0.2) is 5.96 Å². The van der Waals surface area contributed by atoms with Gasteiger partial charge in [0.05, 0.1) is 6.61 Å². The van der Waals surface area contributed by atoms with E-state index >= 15 is 0 Å². The number of hydrogen-bond acceptors (Lipinski definition) is 3. The fourth-order valence-electron chi connectivity index (χ4n) is 3.24. The average molecular weight is 299 g/mol. The Bertz CT molecular complexity index is 311. The Hall–Kier alpha value is -0.420. The SMILES string of the molecule is CCOCCNC(=NC)N1CCSC2(CCCCC2)C1. The zero-order valence-electron chi connectivity index (χ0n) is 13.0. The second kappa shape index (κ2) is 8.13. The predicted octanol–water partition coefficient (Wildman–Crippen LogP) is 2.35. The Kier molecular flexibility index (Phi) is 6.49. The molecule has 1 saturated carbocycles. The van der Waals surface area contributed by atoms with Gasteiger partial charge in [-0.3, -0.25) is 4.99 Å². The molecule has 0 aromatic rings. The summed E-state index contributed by atoms with van der Waals surface area (Å²) in [5.74, 6) is 2.28. The molecule has 0 amide bonds. The number of rotatable bonds is 4. The molecule has 2 fully saturated rings. The lowest BCUT2D eigenvalue weighted by atomic mass is 9.87. The lowest BCUT2D eigenvalue weighted by Crippen LogP contribution is -2.53. The average Bonchev–Trinajstić information content (AvgIpc) is 2.48. The third-order valence-electron chi connectivity index (χ3n) is 4.26. The van der Waals surface area contributed by atoms with E-state index in [0.29, 0.717) is 4.75 Å². The Labute approximate surface area is 127 Å². The van der Waals surface area contributed by atoms with Crippen LogP contribution in [0.2, 0.25) is 0 Å². The molecule has 0 radical (unpaired) electrons. The van der Waals surface area contributed by atoms with Gasteiger partial charge in [0.25, 0.3) is 0 Å². The van der Waals surface area contributed by atoms with Gasteiger partial charge in [0, 0.05) is 43.8 Å². The summed E-state index contributed by atoms with van der Waals surface area (Å²) in [5.41, 5.74) is 0. The maximum absolute atomic E-state index is 5.39. The number of hydrogen-bond donors (Lipinski definition) is 1. The third kappa shape index (κ3) is 4.29. The van der Waals surface area contributed by atoms with Crippen molar-refractivity contribution in [3.63, 3.8) is 0 Å². The van der Waals surface area contributed by atoms with Crippen LogP contribution >= 0.6 is 11.8 Å². The maximum atomic E-state index is 5.39. The second-order valence-electron chi connectivity index (χ2n) is 5.68. The zero-order chi connectivity index (χ0) is 14.3. The lowest BCUT2D eigenvalue weighted by Gasteiger charge is -2.45. The monoisotopic (exact) mass is 299 g/mol. The molecule has 1 saturated heterocycles. The quantitative estimate of drug-likeness (QED) is 0.491. The van der Waals surface area contributed by atoms with Crippen molar-refractivity contribution < 1.29 is 4.74 Å². The van der Waals surface area contributed by atoms with E-state index in [1.54, 1.807) is 0 Å². The lowest BCUT2D eigenvalue weighted by molar-refractivity contribution is 0.151. The van der Waals surface area contributed by atoms with Crippen molar-refractivity contribution >= 4 is 17.7 Å². The normalized spacial score (nSPS) is 23.1. The highest BCUT2D eigenvalue weighted by Gasteiger charge is 2.38. The van der Waals surface area contributed by atoms with Crippen molar-refractivity contribution in [3.05, 3.63) is 0 Å². The van der Waals surface area contributed by atoms with Crippen LogP contribution in [0.3, 0.4) is 0 Å². The molecule has 0 unspecified atom stereocenters. The zero-order valence-corrected chi connectivity index (χ0v) is 13.8. The molecule has 1 aliphatic carbocycles. The molecule has 4 nitrogen and oxygen atoms in total. The summed E-state index contributed by atoms with van der Waals surface area (Å²) in [6.45, 7) is 6.68. The van der Waals surface area contributed by atoms with Gasteiger partial charge < -0.3 is 15.0 Å². The maximum Gasteiger partial charge on any atom is 0.193 e. The number of ether oxygens (including phenoxy) is 1. The number of thioether (sulfide) groups is 1. The summed E-state index contributed by atoms with van der Waals surface area (Å²) in [7, 11) is 1.89. The van der Waals surface area contributed by atoms with Crippen molar-refractivity contribution in [3.8, 4) is 0 Å². The summed E-state index contributed by atoms with van der Waals surface area (Å²) >= 11 is 2.20. The fourth-order valence-corrected chi connectivity index (χ4v) is 4.81. The molecular formula is C15H29N3OS. The molecule has 2 rings (SSSR count). The first kappa shape index (κ1) is 16.0. The van der Waals surface area contributed by atoms with Crippen LogP contribution in [-0.2, 0) is 4.74 Å². The predicted molar refractivity (Wildman–Crippen MR) is 87.7 cm³/mol. The number of guanidine groups is 1.